The Kier molecular flexibility index (Phi) is 8.07. The summed E-state index contributed by atoms with van der Waals surface area (Å²) in [6.07, 6.45) is 5.94. The Labute approximate surface area is 262 Å². The Morgan fingerprint density at radius 2 is 2.00 bits per heavy atom. The molecular weight excluding hydrogens is 611 g/mol. The molecule has 1 saturated heterocycles. The first-order chi connectivity index (χ1) is 21.3. The fourth-order valence-corrected chi connectivity index (χ4v) is 7.29. The fourth-order valence-electron chi connectivity index (χ4n) is 6.53. The van der Waals surface area contributed by atoms with Crippen LogP contribution < -0.4 is 5.32 Å². The van der Waals surface area contributed by atoms with Gasteiger partial charge in [-0.2, -0.15) is 13.2 Å². The molecule has 2 fully saturated rings. The molecule has 3 aromatic heterocycles. The van der Waals surface area contributed by atoms with Crippen LogP contribution in [-0.2, 0) is 5.54 Å². The van der Waals surface area contributed by atoms with Crippen molar-refractivity contribution in [3.63, 3.8) is 0 Å². The van der Waals surface area contributed by atoms with E-state index in [0.717, 1.165) is 60.5 Å². The Bertz CT molecular complexity index is 1590. The van der Waals surface area contributed by atoms with Crippen molar-refractivity contribution in [2.45, 2.75) is 87.7 Å². The van der Waals surface area contributed by atoms with Crippen molar-refractivity contribution in [1.82, 2.24) is 34.2 Å². The van der Waals surface area contributed by atoms with Gasteiger partial charge in [0.2, 0.25) is 0 Å². The highest BCUT2D eigenvalue weighted by atomic mass is 32.1. The number of nitrogens with one attached hydrogen (secondary N) is 1. The standard InChI is InChI=1S/C29H38F3N9O3S/c1-18-23(43)28(40-10-21(35-16-40)20-6-7-20,27(15-42,12-33-18)39-9-5-4-8-26(3,44)14-39)13-34-22-11-45-25(37-22)24-38-36-17-41(24)19(2)29(30,31)32/h10-12,16-17,19-20,34,42-44H,4-9,13-15H2,1-3H3/t19?,26?,27?,28-/m1/s1. The van der Waals surface area contributed by atoms with E-state index >= 15 is 0 Å². The van der Waals surface area contributed by atoms with Gasteiger partial charge in [0.25, 0.3) is 0 Å². The number of likely N-dealkylation sites (tertiary alicyclic amines) is 1. The summed E-state index contributed by atoms with van der Waals surface area (Å²) < 4.78 is 43.3. The van der Waals surface area contributed by atoms with Crippen LogP contribution in [0.15, 0.2) is 40.7 Å². The average Bonchev–Trinajstić information content (AvgIpc) is 3.36. The van der Waals surface area contributed by atoms with Crippen LogP contribution >= 0.6 is 11.3 Å². The average molecular weight is 650 g/mol. The molecule has 0 aromatic carbocycles. The third kappa shape index (κ3) is 5.55. The molecule has 12 nitrogen and oxygen atoms in total. The zero-order valence-electron chi connectivity index (χ0n) is 25.4. The first-order valence-electron chi connectivity index (χ1n) is 15.1. The summed E-state index contributed by atoms with van der Waals surface area (Å²) in [5, 5.41) is 47.4. The van der Waals surface area contributed by atoms with Crippen LogP contribution in [0.1, 0.15) is 70.5 Å². The molecular formula is C29H38F3N9O3S. The van der Waals surface area contributed by atoms with Gasteiger partial charge in [0.15, 0.2) is 10.8 Å². The zero-order chi connectivity index (χ0) is 32.2. The number of aliphatic hydroxyl groups is 3. The van der Waals surface area contributed by atoms with Gasteiger partial charge in [-0.1, -0.05) is 0 Å². The topological polar surface area (TPSA) is 150 Å². The maximum atomic E-state index is 13.5. The monoisotopic (exact) mass is 649 g/mol. The number of nitrogens with zero attached hydrogens (tertiary/aromatic N) is 8. The summed E-state index contributed by atoms with van der Waals surface area (Å²) in [5.41, 5.74) is -2.52. The highest BCUT2D eigenvalue weighted by molar-refractivity contribution is 7.13. The minimum Gasteiger partial charge on any atom is -0.508 e. The first-order valence-corrected chi connectivity index (χ1v) is 15.9. The highest BCUT2D eigenvalue weighted by Crippen LogP contribution is 2.47. The number of imidazole rings is 1. The summed E-state index contributed by atoms with van der Waals surface area (Å²) in [5.74, 6) is 0.565. The van der Waals surface area contributed by atoms with Gasteiger partial charge in [-0.05, 0) is 59.4 Å². The van der Waals surface area contributed by atoms with Crippen LogP contribution in [0.25, 0.3) is 10.8 Å². The van der Waals surface area contributed by atoms with Gasteiger partial charge < -0.3 is 25.2 Å². The van der Waals surface area contributed by atoms with Crippen molar-refractivity contribution in [2.24, 2.45) is 4.99 Å². The fraction of sp³-hybridized carbons (Fsp3) is 0.621. The predicted molar refractivity (Wildman–Crippen MR) is 162 cm³/mol. The van der Waals surface area contributed by atoms with E-state index in [1.54, 1.807) is 31.8 Å². The SMILES string of the molecule is CC1=C(O)[C@@](CNc2csc(-c3nncn3C(C)C(F)(F)F)n2)(n2cnc(C3CC3)c2)C(CO)(N2CCCCC(C)(O)C2)C=N1. The molecule has 0 amide bonds. The van der Waals surface area contributed by atoms with Gasteiger partial charge in [-0.3, -0.25) is 14.5 Å². The van der Waals surface area contributed by atoms with Crippen LogP contribution in [0.5, 0.6) is 0 Å². The molecule has 0 bridgehead atoms. The van der Waals surface area contributed by atoms with Crippen LogP contribution in [-0.4, -0.2) is 99.3 Å². The molecule has 16 heteroatoms. The van der Waals surface area contributed by atoms with Gasteiger partial charge in [0.1, 0.15) is 35.0 Å². The number of alkyl halides is 3. The summed E-state index contributed by atoms with van der Waals surface area (Å²) in [4.78, 5) is 15.8. The molecule has 2 aliphatic heterocycles. The van der Waals surface area contributed by atoms with Gasteiger partial charge >= 0.3 is 6.18 Å². The molecule has 4 atom stereocenters. The van der Waals surface area contributed by atoms with Gasteiger partial charge in [-0.15, -0.1) is 21.5 Å². The molecule has 0 spiro atoms. The van der Waals surface area contributed by atoms with E-state index in [9.17, 15) is 28.5 Å². The number of aliphatic hydroxyl groups excluding tert-OH is 2. The quantitative estimate of drug-likeness (QED) is 0.267. The number of halogens is 3. The lowest BCUT2D eigenvalue weighted by molar-refractivity contribution is -0.162. The molecule has 3 aliphatic rings. The molecule has 0 radical (unpaired) electrons. The number of anilines is 1. The van der Waals surface area contributed by atoms with E-state index in [1.807, 2.05) is 15.7 Å². The van der Waals surface area contributed by atoms with E-state index in [0.29, 0.717) is 30.4 Å². The summed E-state index contributed by atoms with van der Waals surface area (Å²) in [6, 6.07) is -1.85. The molecule has 244 valence electrons. The number of β-amino-alcohol motifs (C(OH)–C–C–N with tert-alkyl or cyclic N) is 1. The Hall–Kier alpha value is -3.34. The van der Waals surface area contributed by atoms with Gasteiger partial charge in [0, 0.05) is 36.8 Å². The summed E-state index contributed by atoms with van der Waals surface area (Å²) in [7, 11) is 0. The maximum absolute atomic E-state index is 13.5. The third-order valence-electron chi connectivity index (χ3n) is 9.38. The molecule has 6 rings (SSSR count). The van der Waals surface area contributed by atoms with Crippen molar-refractivity contribution in [2.75, 3.05) is 31.6 Å². The van der Waals surface area contributed by atoms with E-state index in [1.165, 1.54) is 0 Å². The van der Waals surface area contributed by atoms with Gasteiger partial charge in [-0.25, -0.2) is 9.97 Å². The number of thiazole rings is 1. The summed E-state index contributed by atoms with van der Waals surface area (Å²) in [6.45, 7) is 4.81. The molecule has 4 N–H and O–H groups in total. The molecule has 1 aliphatic carbocycles. The van der Waals surface area contributed by atoms with Crippen LogP contribution in [0.3, 0.4) is 0 Å². The van der Waals surface area contributed by atoms with E-state index in [2.05, 4.69) is 30.5 Å². The number of rotatable bonds is 9. The van der Waals surface area contributed by atoms with Gasteiger partial charge in [0.05, 0.1) is 29.9 Å². The van der Waals surface area contributed by atoms with Crippen LogP contribution in [0.4, 0.5) is 19.0 Å². The second kappa shape index (κ2) is 11.5. The van der Waals surface area contributed by atoms with Crippen LogP contribution in [0.2, 0.25) is 0 Å². The molecule has 45 heavy (non-hydrogen) atoms. The maximum Gasteiger partial charge on any atom is 0.408 e. The first kappa shape index (κ1) is 31.6. The van der Waals surface area contributed by atoms with Crippen molar-refractivity contribution < 1.29 is 28.5 Å². The lowest BCUT2D eigenvalue weighted by Gasteiger charge is -2.55. The second-order valence-electron chi connectivity index (χ2n) is 12.7. The van der Waals surface area contributed by atoms with E-state index in [-0.39, 0.29) is 29.7 Å². The van der Waals surface area contributed by atoms with Crippen molar-refractivity contribution >= 4 is 23.4 Å². The minimum absolute atomic E-state index is 0.00329. The Morgan fingerprint density at radius 1 is 1.22 bits per heavy atom. The smallest absolute Gasteiger partial charge is 0.408 e. The van der Waals surface area contributed by atoms with Crippen molar-refractivity contribution in [3.05, 3.63) is 41.4 Å². The number of aromatic nitrogens is 6. The molecule has 3 unspecified atom stereocenters. The van der Waals surface area contributed by atoms with Crippen LogP contribution in [0, 0.1) is 0 Å². The second-order valence-corrected chi connectivity index (χ2v) is 13.5. The lowest BCUT2D eigenvalue weighted by Crippen LogP contribution is -2.73. The number of allylic oxidation sites excluding steroid dienone is 1. The number of hydrogen-bond acceptors (Lipinski definition) is 11. The minimum atomic E-state index is -4.50. The summed E-state index contributed by atoms with van der Waals surface area (Å²) >= 11 is 1.11. The van der Waals surface area contributed by atoms with E-state index < -0.39 is 35.5 Å². The lowest BCUT2D eigenvalue weighted by atomic mass is 9.71. The number of hydrogen-bond donors (Lipinski definition) is 4. The predicted octanol–water partition coefficient (Wildman–Crippen LogP) is 4.25. The van der Waals surface area contributed by atoms with E-state index in [4.69, 9.17) is 0 Å². The molecule has 5 heterocycles. The number of aliphatic imine (C=N–C) groups is 1. The third-order valence-corrected chi connectivity index (χ3v) is 10.2. The highest BCUT2D eigenvalue weighted by Gasteiger charge is 2.61. The molecule has 3 aromatic rings. The van der Waals surface area contributed by atoms with Crippen molar-refractivity contribution in [1.29, 1.82) is 0 Å². The normalized spacial score (nSPS) is 28.8. The largest absolute Gasteiger partial charge is 0.508 e. The Balaban J connectivity index is 1.42. The van der Waals surface area contributed by atoms with Crippen molar-refractivity contribution in [3.8, 4) is 10.8 Å². The molecule has 1 saturated carbocycles. The zero-order valence-corrected chi connectivity index (χ0v) is 26.2. The Morgan fingerprint density at radius 3 is 2.71 bits per heavy atom.